The first-order valence-corrected chi connectivity index (χ1v) is 9.31. The Morgan fingerprint density at radius 3 is 2.31 bits per heavy atom. The maximum absolute atomic E-state index is 13.1. The Balaban J connectivity index is 1.76. The zero-order chi connectivity index (χ0) is 20.4. The van der Waals surface area contributed by atoms with Gasteiger partial charge in [0.05, 0.1) is 11.4 Å². The highest BCUT2D eigenvalue weighted by atomic mass is 19.1. The number of aryl methyl sites for hydroxylation is 2. The van der Waals surface area contributed by atoms with E-state index in [1.165, 1.54) is 24.3 Å². The molecule has 0 spiro atoms. The standard InChI is InChI=1S/C24H20FN3O/c1-16-7-9-18(10-8-16)23-15-21(24(29)26-20-13-11-19(25)12-14-20)27-28(23)22-6-4-3-5-17(22)2/h3-15H,1-2H3,(H,26,29). The molecule has 0 aliphatic heterocycles. The molecule has 0 saturated heterocycles. The molecule has 1 amide bonds. The number of para-hydroxylation sites is 1. The van der Waals surface area contributed by atoms with E-state index < -0.39 is 0 Å². The summed E-state index contributed by atoms with van der Waals surface area (Å²) in [5.74, 6) is -0.703. The van der Waals surface area contributed by atoms with Crippen LogP contribution in [0.15, 0.2) is 78.9 Å². The van der Waals surface area contributed by atoms with Crippen molar-refractivity contribution in [3.05, 3.63) is 102 Å². The first kappa shape index (κ1) is 18.6. The van der Waals surface area contributed by atoms with Crippen LogP contribution in [0.3, 0.4) is 0 Å². The number of benzene rings is 3. The Morgan fingerprint density at radius 2 is 1.62 bits per heavy atom. The fourth-order valence-electron chi connectivity index (χ4n) is 3.14. The highest BCUT2D eigenvalue weighted by Crippen LogP contribution is 2.26. The highest BCUT2D eigenvalue weighted by Gasteiger charge is 2.18. The Labute approximate surface area is 168 Å². The lowest BCUT2D eigenvalue weighted by atomic mass is 10.1. The number of anilines is 1. The van der Waals surface area contributed by atoms with Gasteiger partial charge in [-0.3, -0.25) is 4.79 Å². The van der Waals surface area contributed by atoms with E-state index in [0.29, 0.717) is 5.69 Å². The van der Waals surface area contributed by atoms with Crippen LogP contribution in [0.5, 0.6) is 0 Å². The van der Waals surface area contributed by atoms with Crippen molar-refractivity contribution >= 4 is 11.6 Å². The van der Waals surface area contributed by atoms with E-state index in [1.54, 1.807) is 10.7 Å². The maximum Gasteiger partial charge on any atom is 0.276 e. The van der Waals surface area contributed by atoms with Gasteiger partial charge in [0.15, 0.2) is 5.69 Å². The lowest BCUT2D eigenvalue weighted by Crippen LogP contribution is -2.13. The fraction of sp³-hybridized carbons (Fsp3) is 0.0833. The molecule has 0 saturated carbocycles. The second kappa shape index (κ2) is 7.72. The maximum atomic E-state index is 13.1. The van der Waals surface area contributed by atoms with Crippen LogP contribution in [0.2, 0.25) is 0 Å². The average molecular weight is 385 g/mol. The molecule has 0 fully saturated rings. The van der Waals surface area contributed by atoms with Crippen molar-refractivity contribution in [2.24, 2.45) is 0 Å². The van der Waals surface area contributed by atoms with Crippen LogP contribution < -0.4 is 5.32 Å². The molecule has 0 aliphatic carbocycles. The molecular formula is C24H20FN3O. The van der Waals surface area contributed by atoms with E-state index in [2.05, 4.69) is 10.4 Å². The number of nitrogens with one attached hydrogen (secondary N) is 1. The number of carbonyl (C=O) groups excluding carboxylic acids is 1. The summed E-state index contributed by atoms with van der Waals surface area (Å²) in [5, 5.41) is 7.36. The molecule has 4 nitrogen and oxygen atoms in total. The number of amides is 1. The van der Waals surface area contributed by atoms with E-state index >= 15 is 0 Å². The van der Waals surface area contributed by atoms with Crippen LogP contribution in [0.1, 0.15) is 21.6 Å². The van der Waals surface area contributed by atoms with Crippen LogP contribution in [-0.4, -0.2) is 15.7 Å². The van der Waals surface area contributed by atoms with Crippen LogP contribution in [-0.2, 0) is 0 Å². The summed E-state index contributed by atoms with van der Waals surface area (Å²) in [5.41, 5.74) is 5.70. The van der Waals surface area contributed by atoms with Crippen molar-refractivity contribution in [1.82, 2.24) is 9.78 Å². The third kappa shape index (κ3) is 3.94. The van der Waals surface area contributed by atoms with Gasteiger partial charge in [0.2, 0.25) is 0 Å². The molecule has 1 heterocycles. The Hall–Kier alpha value is -3.73. The molecule has 29 heavy (non-hydrogen) atoms. The summed E-state index contributed by atoms with van der Waals surface area (Å²) in [6.45, 7) is 4.04. The Kier molecular flexibility index (Phi) is 4.96. The number of aromatic nitrogens is 2. The van der Waals surface area contributed by atoms with Gasteiger partial charge in [-0.25, -0.2) is 9.07 Å². The lowest BCUT2D eigenvalue weighted by molar-refractivity contribution is 0.102. The molecule has 4 rings (SSSR count). The van der Waals surface area contributed by atoms with Gasteiger partial charge in [-0.15, -0.1) is 0 Å². The number of hydrogen-bond donors (Lipinski definition) is 1. The smallest absolute Gasteiger partial charge is 0.276 e. The van der Waals surface area contributed by atoms with E-state index in [4.69, 9.17) is 0 Å². The van der Waals surface area contributed by atoms with Crippen molar-refractivity contribution in [2.45, 2.75) is 13.8 Å². The van der Waals surface area contributed by atoms with Crippen molar-refractivity contribution < 1.29 is 9.18 Å². The largest absolute Gasteiger partial charge is 0.321 e. The summed E-state index contributed by atoms with van der Waals surface area (Å²) in [4.78, 5) is 12.8. The van der Waals surface area contributed by atoms with Crippen molar-refractivity contribution in [1.29, 1.82) is 0 Å². The lowest BCUT2D eigenvalue weighted by Gasteiger charge is -2.10. The number of halogens is 1. The Morgan fingerprint density at radius 1 is 0.931 bits per heavy atom. The van der Waals surface area contributed by atoms with E-state index in [0.717, 1.165) is 28.1 Å². The van der Waals surface area contributed by atoms with E-state index in [-0.39, 0.29) is 17.4 Å². The number of hydrogen-bond acceptors (Lipinski definition) is 2. The molecule has 1 aromatic heterocycles. The van der Waals surface area contributed by atoms with Gasteiger partial charge < -0.3 is 5.32 Å². The van der Waals surface area contributed by atoms with Crippen molar-refractivity contribution in [3.63, 3.8) is 0 Å². The van der Waals surface area contributed by atoms with Gasteiger partial charge in [-0.05, 0) is 55.8 Å². The summed E-state index contributed by atoms with van der Waals surface area (Å²) in [6, 6.07) is 23.4. The van der Waals surface area contributed by atoms with Gasteiger partial charge in [-0.1, -0.05) is 48.0 Å². The van der Waals surface area contributed by atoms with Crippen LogP contribution in [0, 0.1) is 19.7 Å². The van der Waals surface area contributed by atoms with Crippen LogP contribution in [0.25, 0.3) is 16.9 Å². The molecular weight excluding hydrogens is 365 g/mol. The minimum Gasteiger partial charge on any atom is -0.321 e. The normalized spacial score (nSPS) is 10.7. The monoisotopic (exact) mass is 385 g/mol. The van der Waals surface area contributed by atoms with E-state index in [9.17, 15) is 9.18 Å². The average Bonchev–Trinajstić information content (AvgIpc) is 3.16. The molecule has 3 aromatic carbocycles. The molecule has 0 atom stereocenters. The first-order valence-electron chi connectivity index (χ1n) is 9.31. The minimum atomic E-state index is -0.353. The third-order valence-electron chi connectivity index (χ3n) is 4.74. The summed E-state index contributed by atoms with van der Waals surface area (Å²) in [6.07, 6.45) is 0. The molecule has 0 radical (unpaired) electrons. The Bertz CT molecular complexity index is 1160. The molecule has 0 aliphatic rings. The quantitative estimate of drug-likeness (QED) is 0.501. The second-order valence-corrected chi connectivity index (χ2v) is 6.94. The van der Waals surface area contributed by atoms with Crippen LogP contribution in [0.4, 0.5) is 10.1 Å². The first-order chi connectivity index (χ1) is 14.0. The van der Waals surface area contributed by atoms with Gasteiger partial charge in [0.25, 0.3) is 5.91 Å². The molecule has 0 unspecified atom stereocenters. The van der Waals surface area contributed by atoms with Crippen molar-refractivity contribution in [3.8, 4) is 16.9 Å². The molecule has 144 valence electrons. The predicted octanol–water partition coefficient (Wildman–Crippen LogP) is 5.55. The zero-order valence-corrected chi connectivity index (χ0v) is 16.2. The fourth-order valence-corrected chi connectivity index (χ4v) is 3.14. The molecule has 4 aromatic rings. The SMILES string of the molecule is Cc1ccc(-c2cc(C(=O)Nc3ccc(F)cc3)nn2-c2ccccc2C)cc1. The number of rotatable bonds is 4. The van der Waals surface area contributed by atoms with Gasteiger partial charge in [0.1, 0.15) is 5.82 Å². The molecule has 5 heteroatoms. The number of nitrogens with zero attached hydrogens (tertiary/aromatic N) is 2. The van der Waals surface area contributed by atoms with E-state index in [1.807, 2.05) is 62.4 Å². The summed E-state index contributed by atoms with van der Waals surface area (Å²) in [7, 11) is 0. The van der Waals surface area contributed by atoms with Gasteiger partial charge in [-0.2, -0.15) is 5.10 Å². The zero-order valence-electron chi connectivity index (χ0n) is 16.2. The molecule has 0 bridgehead atoms. The minimum absolute atomic E-state index is 0.285. The predicted molar refractivity (Wildman–Crippen MR) is 113 cm³/mol. The second-order valence-electron chi connectivity index (χ2n) is 6.94. The molecule has 1 N–H and O–H groups in total. The van der Waals surface area contributed by atoms with Gasteiger partial charge >= 0.3 is 0 Å². The summed E-state index contributed by atoms with van der Waals surface area (Å²) < 4.78 is 14.9. The number of carbonyl (C=O) groups is 1. The third-order valence-corrected chi connectivity index (χ3v) is 4.74. The van der Waals surface area contributed by atoms with Gasteiger partial charge in [0, 0.05) is 11.3 Å². The summed E-state index contributed by atoms with van der Waals surface area (Å²) >= 11 is 0. The highest BCUT2D eigenvalue weighted by molar-refractivity contribution is 6.03. The van der Waals surface area contributed by atoms with Crippen LogP contribution >= 0.6 is 0 Å². The van der Waals surface area contributed by atoms with Crippen molar-refractivity contribution in [2.75, 3.05) is 5.32 Å². The topological polar surface area (TPSA) is 46.9 Å².